The van der Waals surface area contributed by atoms with Crippen molar-refractivity contribution in [3.8, 4) is 5.75 Å². The Morgan fingerprint density at radius 1 is 1.32 bits per heavy atom. The Hall–Kier alpha value is -1.11. The van der Waals surface area contributed by atoms with Gasteiger partial charge in [-0.15, -0.1) is 0 Å². The highest BCUT2D eigenvalue weighted by atomic mass is 32.2. The van der Waals surface area contributed by atoms with Crippen molar-refractivity contribution < 1.29 is 13.2 Å². The average molecular weight is 284 g/mol. The Morgan fingerprint density at radius 2 is 2.00 bits per heavy atom. The minimum atomic E-state index is -3.45. The summed E-state index contributed by atoms with van der Waals surface area (Å²) in [6.07, 6.45) is 1.69. The maximum atomic E-state index is 12.5. The van der Waals surface area contributed by atoms with Crippen LogP contribution < -0.4 is 10.1 Å². The molecule has 1 aliphatic heterocycles. The van der Waals surface area contributed by atoms with Crippen molar-refractivity contribution >= 4 is 10.0 Å². The fourth-order valence-corrected chi connectivity index (χ4v) is 3.75. The number of hydrogen-bond acceptors (Lipinski definition) is 4. The van der Waals surface area contributed by atoms with Crippen molar-refractivity contribution in [3.63, 3.8) is 0 Å². The summed E-state index contributed by atoms with van der Waals surface area (Å²) in [5.41, 5.74) is 0. The molecule has 0 aromatic heterocycles. The van der Waals surface area contributed by atoms with Crippen molar-refractivity contribution in [2.75, 3.05) is 27.2 Å². The minimum absolute atomic E-state index is 0.0671. The molecule has 1 aromatic rings. The first-order valence-electron chi connectivity index (χ1n) is 6.38. The molecule has 0 atom stereocenters. The van der Waals surface area contributed by atoms with Crippen molar-refractivity contribution in [1.29, 1.82) is 0 Å². The second-order valence-electron chi connectivity index (χ2n) is 4.68. The smallest absolute Gasteiger partial charge is 0.243 e. The minimum Gasteiger partial charge on any atom is -0.497 e. The standard InChI is InChI=1S/C13H20N2O3S/c1-15(11-6-8-14-9-7-11)19(16,17)13-5-3-4-12(10-13)18-2/h3-5,10-11,14H,6-9H2,1-2H3. The normalized spacial score (nSPS) is 17.6. The molecule has 2 rings (SSSR count). The largest absolute Gasteiger partial charge is 0.497 e. The first-order chi connectivity index (χ1) is 9.05. The van der Waals surface area contributed by atoms with Crippen LogP contribution in [-0.4, -0.2) is 46.0 Å². The molecule has 0 radical (unpaired) electrons. The lowest BCUT2D eigenvalue weighted by Gasteiger charge is -2.30. The van der Waals surface area contributed by atoms with Gasteiger partial charge < -0.3 is 10.1 Å². The van der Waals surface area contributed by atoms with Gasteiger partial charge in [0.1, 0.15) is 5.75 Å². The maximum absolute atomic E-state index is 12.5. The highest BCUT2D eigenvalue weighted by molar-refractivity contribution is 7.89. The molecule has 0 amide bonds. The van der Waals surface area contributed by atoms with Gasteiger partial charge in [-0.3, -0.25) is 0 Å². The van der Waals surface area contributed by atoms with E-state index in [0.29, 0.717) is 5.75 Å². The monoisotopic (exact) mass is 284 g/mol. The van der Waals surface area contributed by atoms with E-state index in [4.69, 9.17) is 4.74 Å². The van der Waals surface area contributed by atoms with Gasteiger partial charge in [0, 0.05) is 19.2 Å². The fourth-order valence-electron chi connectivity index (χ4n) is 2.29. The number of ether oxygens (including phenoxy) is 1. The molecule has 0 spiro atoms. The number of benzene rings is 1. The molecule has 1 fully saturated rings. The Labute approximate surface area is 114 Å². The van der Waals surface area contributed by atoms with Crippen LogP contribution in [0.5, 0.6) is 5.75 Å². The molecule has 0 unspecified atom stereocenters. The lowest BCUT2D eigenvalue weighted by Crippen LogP contribution is -2.43. The van der Waals surface area contributed by atoms with Crippen molar-refractivity contribution in [1.82, 2.24) is 9.62 Å². The third-order valence-electron chi connectivity index (χ3n) is 3.54. The second-order valence-corrected chi connectivity index (χ2v) is 6.68. The van der Waals surface area contributed by atoms with Gasteiger partial charge in [-0.05, 0) is 38.1 Å². The lowest BCUT2D eigenvalue weighted by molar-refractivity contribution is 0.296. The van der Waals surface area contributed by atoms with E-state index in [2.05, 4.69) is 5.32 Å². The summed E-state index contributed by atoms with van der Waals surface area (Å²) < 4.78 is 31.7. The lowest BCUT2D eigenvalue weighted by atomic mass is 10.1. The van der Waals surface area contributed by atoms with E-state index in [-0.39, 0.29) is 10.9 Å². The van der Waals surface area contributed by atoms with Crippen LogP contribution in [0, 0.1) is 0 Å². The van der Waals surface area contributed by atoms with Crippen LogP contribution in [0.15, 0.2) is 29.2 Å². The van der Waals surface area contributed by atoms with E-state index in [1.54, 1.807) is 31.3 Å². The van der Waals surface area contributed by atoms with Gasteiger partial charge >= 0.3 is 0 Å². The summed E-state index contributed by atoms with van der Waals surface area (Å²) in [5, 5.41) is 3.24. The van der Waals surface area contributed by atoms with Gasteiger partial charge in [0.15, 0.2) is 0 Å². The van der Waals surface area contributed by atoms with Crippen LogP contribution in [0.4, 0.5) is 0 Å². The van der Waals surface area contributed by atoms with Crippen LogP contribution >= 0.6 is 0 Å². The van der Waals surface area contributed by atoms with Gasteiger partial charge in [-0.1, -0.05) is 6.07 Å². The van der Waals surface area contributed by atoms with Gasteiger partial charge in [0.25, 0.3) is 0 Å². The molecule has 5 nitrogen and oxygen atoms in total. The molecule has 6 heteroatoms. The number of hydrogen-bond donors (Lipinski definition) is 1. The van der Waals surface area contributed by atoms with Crippen molar-refractivity contribution in [3.05, 3.63) is 24.3 Å². The highest BCUT2D eigenvalue weighted by Crippen LogP contribution is 2.23. The number of rotatable bonds is 4. The average Bonchev–Trinajstić information content (AvgIpc) is 2.47. The third kappa shape index (κ3) is 3.08. The summed E-state index contributed by atoms with van der Waals surface area (Å²) in [7, 11) is -0.258. The molecule has 0 bridgehead atoms. The molecule has 19 heavy (non-hydrogen) atoms. The zero-order valence-electron chi connectivity index (χ0n) is 11.3. The number of sulfonamides is 1. The van der Waals surface area contributed by atoms with Gasteiger partial charge in [0.2, 0.25) is 10.0 Å². The van der Waals surface area contributed by atoms with Crippen LogP contribution in [0.3, 0.4) is 0 Å². The van der Waals surface area contributed by atoms with E-state index in [9.17, 15) is 8.42 Å². The molecule has 1 aliphatic rings. The quantitative estimate of drug-likeness (QED) is 0.898. The van der Waals surface area contributed by atoms with Crippen LogP contribution in [-0.2, 0) is 10.0 Å². The second kappa shape index (κ2) is 5.90. The third-order valence-corrected chi connectivity index (χ3v) is 5.45. The summed E-state index contributed by atoms with van der Waals surface area (Å²) in [4.78, 5) is 0.285. The summed E-state index contributed by atoms with van der Waals surface area (Å²) >= 11 is 0. The molecular formula is C13H20N2O3S. The predicted molar refractivity (Wildman–Crippen MR) is 73.8 cm³/mol. The SMILES string of the molecule is COc1cccc(S(=O)(=O)N(C)C2CCNCC2)c1. The number of piperidine rings is 1. The number of nitrogens with one attached hydrogen (secondary N) is 1. The van der Waals surface area contributed by atoms with Crippen molar-refractivity contribution in [2.45, 2.75) is 23.8 Å². The van der Waals surface area contributed by atoms with E-state index in [0.717, 1.165) is 25.9 Å². The summed E-state index contributed by atoms with van der Waals surface area (Å²) in [5.74, 6) is 0.555. The Balaban J connectivity index is 2.24. The number of nitrogens with zero attached hydrogens (tertiary/aromatic N) is 1. The van der Waals surface area contributed by atoms with E-state index >= 15 is 0 Å². The molecule has 1 heterocycles. The van der Waals surface area contributed by atoms with Crippen LogP contribution in [0.25, 0.3) is 0 Å². The molecular weight excluding hydrogens is 264 g/mol. The van der Waals surface area contributed by atoms with Crippen molar-refractivity contribution in [2.24, 2.45) is 0 Å². The Bertz CT molecular complexity index is 524. The van der Waals surface area contributed by atoms with Crippen LogP contribution in [0.1, 0.15) is 12.8 Å². The first kappa shape index (κ1) is 14.3. The van der Waals surface area contributed by atoms with E-state index < -0.39 is 10.0 Å². The Kier molecular flexibility index (Phi) is 4.44. The molecule has 1 saturated heterocycles. The topological polar surface area (TPSA) is 58.6 Å². The highest BCUT2D eigenvalue weighted by Gasteiger charge is 2.29. The molecule has 1 aromatic carbocycles. The zero-order chi connectivity index (χ0) is 13.9. The predicted octanol–water partition coefficient (Wildman–Crippen LogP) is 1.07. The molecule has 0 saturated carbocycles. The summed E-state index contributed by atoms with van der Waals surface area (Å²) in [6.45, 7) is 1.73. The maximum Gasteiger partial charge on any atom is 0.243 e. The van der Waals surface area contributed by atoms with Gasteiger partial charge in [-0.25, -0.2) is 8.42 Å². The van der Waals surface area contributed by atoms with Crippen LogP contribution in [0.2, 0.25) is 0 Å². The summed E-state index contributed by atoms with van der Waals surface area (Å²) in [6, 6.07) is 6.67. The number of methoxy groups -OCH3 is 1. The van der Waals surface area contributed by atoms with E-state index in [1.165, 1.54) is 11.4 Å². The molecule has 0 aliphatic carbocycles. The fraction of sp³-hybridized carbons (Fsp3) is 0.538. The van der Waals surface area contributed by atoms with Gasteiger partial charge in [0.05, 0.1) is 12.0 Å². The molecule has 106 valence electrons. The van der Waals surface area contributed by atoms with Gasteiger partial charge in [-0.2, -0.15) is 4.31 Å². The van der Waals surface area contributed by atoms with E-state index in [1.807, 2.05) is 0 Å². The Morgan fingerprint density at radius 3 is 2.63 bits per heavy atom. The first-order valence-corrected chi connectivity index (χ1v) is 7.82. The zero-order valence-corrected chi connectivity index (χ0v) is 12.1. The molecule has 1 N–H and O–H groups in total.